The molecule has 0 saturated carbocycles. The first-order chi connectivity index (χ1) is 20.4. The van der Waals surface area contributed by atoms with E-state index in [9.17, 15) is 9.59 Å². The Labute approximate surface area is 249 Å². The molecule has 1 amide bonds. The average molecular weight is 591 g/mol. The second-order valence-electron chi connectivity index (χ2n) is 11.2. The van der Waals surface area contributed by atoms with Crippen LogP contribution < -0.4 is 19.9 Å². The molecule has 2 aromatic carbocycles. The minimum absolute atomic E-state index is 0.115. The van der Waals surface area contributed by atoms with Gasteiger partial charge in [-0.15, -0.1) is 0 Å². The van der Waals surface area contributed by atoms with Gasteiger partial charge in [-0.3, -0.25) is 4.79 Å². The Hall–Kier alpha value is -3.89. The van der Waals surface area contributed by atoms with Gasteiger partial charge in [0.2, 0.25) is 5.91 Å². The summed E-state index contributed by atoms with van der Waals surface area (Å²) in [6.45, 7) is 4.27. The second kappa shape index (κ2) is 12.1. The summed E-state index contributed by atoms with van der Waals surface area (Å²) in [7, 11) is 2.12. The summed E-state index contributed by atoms with van der Waals surface area (Å²) >= 11 is 6.67. The third-order valence-electron chi connectivity index (χ3n) is 8.48. The molecule has 2 fully saturated rings. The lowest BCUT2D eigenvalue weighted by molar-refractivity contribution is -0.131. The second-order valence-corrected chi connectivity index (χ2v) is 11.6. The maximum absolute atomic E-state index is 12.2. The highest BCUT2D eigenvalue weighted by Crippen LogP contribution is 2.37. The van der Waals surface area contributed by atoms with Gasteiger partial charge < -0.3 is 29.9 Å². The maximum atomic E-state index is 12.2. The first kappa shape index (κ1) is 28.2. The topological polar surface area (TPSA) is 111 Å². The highest BCUT2D eigenvalue weighted by atomic mass is 35.5. The number of carbonyl (C=O) groups is 2. The molecule has 42 heavy (non-hydrogen) atoms. The molecule has 4 heterocycles. The molecule has 10 nitrogen and oxygen atoms in total. The van der Waals surface area contributed by atoms with Crippen molar-refractivity contribution in [2.75, 3.05) is 49.6 Å². The summed E-state index contributed by atoms with van der Waals surface area (Å²) in [5.74, 6) is -0.715. The van der Waals surface area contributed by atoms with Gasteiger partial charge >= 0.3 is 12.0 Å². The van der Waals surface area contributed by atoms with Gasteiger partial charge in [-0.05, 0) is 56.8 Å². The number of halogens is 1. The molecule has 220 valence electrons. The minimum atomic E-state index is -1.15. The number of ether oxygens (including phenoxy) is 1. The highest BCUT2D eigenvalue weighted by Gasteiger charge is 2.31. The molecule has 11 heteroatoms. The zero-order valence-electron chi connectivity index (χ0n) is 23.6. The van der Waals surface area contributed by atoms with E-state index in [0.29, 0.717) is 38.3 Å². The Balaban J connectivity index is 1.27. The van der Waals surface area contributed by atoms with Crippen LogP contribution in [0, 0.1) is 0 Å². The minimum Gasteiger partial charge on any atom is -0.478 e. The van der Waals surface area contributed by atoms with Crippen molar-refractivity contribution in [1.82, 2.24) is 20.2 Å². The smallest absolute Gasteiger partial charge is 0.328 e. The number of aliphatic carboxylic acids is 1. The lowest BCUT2D eigenvalue weighted by Crippen LogP contribution is -2.37. The number of rotatable bonds is 8. The Kier molecular flexibility index (Phi) is 8.17. The van der Waals surface area contributed by atoms with E-state index >= 15 is 0 Å². The third-order valence-corrected chi connectivity index (χ3v) is 8.80. The summed E-state index contributed by atoms with van der Waals surface area (Å²) in [5, 5.41) is 14.6. The fourth-order valence-electron chi connectivity index (χ4n) is 6.29. The molecule has 6 rings (SSSR count). The number of amides is 1. The van der Waals surface area contributed by atoms with Gasteiger partial charge in [0.25, 0.3) is 0 Å². The Bertz CT molecular complexity index is 1530. The number of hydrogen-bond acceptors (Lipinski definition) is 8. The predicted molar refractivity (Wildman–Crippen MR) is 162 cm³/mol. The van der Waals surface area contributed by atoms with Gasteiger partial charge in [0.05, 0.1) is 17.3 Å². The van der Waals surface area contributed by atoms with Crippen LogP contribution in [0.3, 0.4) is 0 Å². The van der Waals surface area contributed by atoms with Gasteiger partial charge in [0, 0.05) is 60.5 Å². The fourth-order valence-corrected chi connectivity index (χ4v) is 6.57. The van der Waals surface area contributed by atoms with Gasteiger partial charge in [0.15, 0.2) is 0 Å². The summed E-state index contributed by atoms with van der Waals surface area (Å²) in [5.41, 5.74) is 3.11. The van der Waals surface area contributed by atoms with E-state index in [4.69, 9.17) is 31.4 Å². The zero-order valence-corrected chi connectivity index (χ0v) is 24.4. The lowest BCUT2D eigenvalue weighted by Gasteiger charge is -2.33. The number of fused-ring (bicyclic) bond motifs is 2. The SMILES string of the molecule is CN1CCCC1COc1nc2c(c(N3CCC(NC(=O)/C=C/C(=O)O)C3)n1)CCN(c1cccc3cccc(Cl)c13)C2. The Morgan fingerprint density at radius 3 is 2.71 bits per heavy atom. The average Bonchev–Trinajstić information content (AvgIpc) is 3.62. The fraction of sp³-hybridized carbons (Fsp3) is 0.419. The third kappa shape index (κ3) is 6.00. The molecule has 0 aliphatic carbocycles. The number of aromatic nitrogens is 2. The summed E-state index contributed by atoms with van der Waals surface area (Å²) < 4.78 is 6.24. The van der Waals surface area contributed by atoms with Crippen LogP contribution in [0.25, 0.3) is 10.8 Å². The van der Waals surface area contributed by atoms with Crippen molar-refractivity contribution in [3.8, 4) is 6.01 Å². The summed E-state index contributed by atoms with van der Waals surface area (Å²) in [4.78, 5) is 39.7. The highest BCUT2D eigenvalue weighted by molar-refractivity contribution is 6.36. The van der Waals surface area contributed by atoms with Crippen LogP contribution in [0.15, 0.2) is 48.6 Å². The van der Waals surface area contributed by atoms with Crippen LogP contribution in [0.5, 0.6) is 6.01 Å². The molecule has 2 atom stereocenters. The van der Waals surface area contributed by atoms with E-state index in [1.165, 1.54) is 0 Å². The first-order valence-electron chi connectivity index (χ1n) is 14.5. The number of likely N-dealkylation sites (N-methyl/N-ethyl adjacent to an activating group) is 1. The number of benzene rings is 2. The summed E-state index contributed by atoms with van der Waals surface area (Å²) in [6.07, 6.45) is 5.64. The van der Waals surface area contributed by atoms with Crippen molar-refractivity contribution in [1.29, 1.82) is 0 Å². The molecule has 0 radical (unpaired) electrons. The number of nitrogens with zero attached hydrogens (tertiary/aromatic N) is 5. The van der Waals surface area contributed by atoms with Crippen molar-refractivity contribution >= 4 is 45.8 Å². The largest absolute Gasteiger partial charge is 0.478 e. The molecule has 2 N–H and O–H groups in total. The molecule has 3 aromatic rings. The molecule has 1 aromatic heterocycles. The van der Waals surface area contributed by atoms with Crippen molar-refractivity contribution in [3.05, 3.63) is 64.8 Å². The van der Waals surface area contributed by atoms with Gasteiger partial charge in [-0.2, -0.15) is 9.97 Å². The molecule has 2 saturated heterocycles. The predicted octanol–water partition coefficient (Wildman–Crippen LogP) is 3.65. The zero-order chi connectivity index (χ0) is 29.2. The van der Waals surface area contributed by atoms with Crippen molar-refractivity contribution < 1.29 is 19.4 Å². The maximum Gasteiger partial charge on any atom is 0.328 e. The molecule has 3 aliphatic heterocycles. The van der Waals surface area contributed by atoms with E-state index in [0.717, 1.165) is 89.5 Å². The van der Waals surface area contributed by atoms with Gasteiger partial charge in [0.1, 0.15) is 12.4 Å². The number of carbonyl (C=O) groups excluding carboxylic acids is 1. The number of carboxylic acid groups (broad SMARTS) is 1. The van der Waals surface area contributed by atoms with Crippen LogP contribution in [-0.2, 0) is 22.6 Å². The van der Waals surface area contributed by atoms with Crippen molar-refractivity contribution in [2.24, 2.45) is 0 Å². The molecule has 0 bridgehead atoms. The molecule has 2 unspecified atom stereocenters. The van der Waals surface area contributed by atoms with E-state index in [1.807, 2.05) is 12.1 Å². The van der Waals surface area contributed by atoms with Gasteiger partial charge in [-0.1, -0.05) is 35.9 Å². The van der Waals surface area contributed by atoms with E-state index < -0.39 is 11.9 Å². The van der Waals surface area contributed by atoms with E-state index in [1.54, 1.807) is 0 Å². The summed E-state index contributed by atoms with van der Waals surface area (Å²) in [6, 6.07) is 12.8. The van der Waals surface area contributed by atoms with E-state index in [-0.39, 0.29) is 6.04 Å². The van der Waals surface area contributed by atoms with Crippen LogP contribution in [-0.4, -0.2) is 83.8 Å². The number of nitrogens with one attached hydrogen (secondary N) is 1. The van der Waals surface area contributed by atoms with E-state index in [2.05, 4.69) is 51.3 Å². The Morgan fingerprint density at radius 1 is 1.10 bits per heavy atom. The quantitative estimate of drug-likeness (QED) is 0.380. The standard InChI is InChI=1S/C31H35ClN6O4/c1-36-14-4-7-22(36)19-42-31-34-25-18-37(26-9-3-6-20-5-2-8-24(32)29(20)26)16-13-23(25)30(35-31)38-15-12-21(17-38)33-27(39)10-11-28(40)41/h2-3,5-6,8-11,21-22H,4,7,12-19H2,1H3,(H,33,39)(H,40,41)/b11-10+. The van der Waals surface area contributed by atoms with Crippen molar-refractivity contribution in [2.45, 2.75) is 44.3 Å². The molecular formula is C31H35ClN6O4. The van der Waals surface area contributed by atoms with Crippen LogP contribution in [0.2, 0.25) is 5.02 Å². The number of anilines is 2. The number of carboxylic acids is 1. The number of likely N-dealkylation sites (tertiary alicyclic amines) is 1. The number of hydrogen-bond donors (Lipinski definition) is 2. The molecular weight excluding hydrogens is 556 g/mol. The monoisotopic (exact) mass is 590 g/mol. The van der Waals surface area contributed by atoms with Crippen LogP contribution in [0.4, 0.5) is 11.5 Å². The normalized spacial score (nSPS) is 20.8. The Morgan fingerprint density at radius 2 is 1.93 bits per heavy atom. The molecule has 0 spiro atoms. The van der Waals surface area contributed by atoms with Crippen molar-refractivity contribution in [3.63, 3.8) is 0 Å². The molecule has 3 aliphatic rings. The lowest BCUT2D eigenvalue weighted by atomic mass is 10.0. The van der Waals surface area contributed by atoms with Crippen LogP contribution >= 0.6 is 11.6 Å². The first-order valence-corrected chi connectivity index (χ1v) is 14.8. The van der Waals surface area contributed by atoms with Crippen LogP contribution in [0.1, 0.15) is 30.5 Å². The van der Waals surface area contributed by atoms with Gasteiger partial charge in [-0.25, -0.2) is 4.79 Å².